The summed E-state index contributed by atoms with van der Waals surface area (Å²) in [5.74, 6) is 0. The standard InChI is InChI=1S/C7H16NO.HI/c1-8(2,3)6-4-5-7(6)9;/h6-7,9H,4-5H2,1-3H3;1H/q+1;/p-1/t6-,7+;/m0./s1. The second kappa shape index (κ2) is 3.36. The molecule has 0 aromatic rings. The monoisotopic (exact) mass is 257 g/mol. The molecule has 0 saturated heterocycles. The minimum absolute atomic E-state index is 0. The fraction of sp³-hybridized carbons (Fsp3) is 1.00. The molecule has 1 saturated carbocycles. The third-order valence-electron chi connectivity index (χ3n) is 2.20. The number of likely N-dealkylation sites (N-methyl/N-ethyl adjacent to an activating group) is 1. The normalized spacial score (nSPS) is 32.4. The summed E-state index contributed by atoms with van der Waals surface area (Å²) in [5, 5.41) is 9.23. The average molecular weight is 257 g/mol. The Bertz CT molecular complexity index is 111. The largest absolute Gasteiger partial charge is 1.00 e. The van der Waals surface area contributed by atoms with Gasteiger partial charge >= 0.3 is 0 Å². The van der Waals surface area contributed by atoms with Gasteiger partial charge in [0.15, 0.2) is 0 Å². The Kier molecular flexibility index (Phi) is 3.58. The predicted octanol–water partition coefficient (Wildman–Crippen LogP) is -2.78. The van der Waals surface area contributed by atoms with E-state index in [1.165, 1.54) is 6.42 Å². The molecule has 1 N–H and O–H groups in total. The van der Waals surface area contributed by atoms with Gasteiger partial charge in [-0.05, 0) is 6.42 Å². The number of hydrogen-bond donors (Lipinski definition) is 1. The quantitative estimate of drug-likeness (QED) is 0.398. The molecule has 0 radical (unpaired) electrons. The molecule has 0 aromatic heterocycles. The Labute approximate surface area is 79.8 Å². The molecular weight excluding hydrogens is 241 g/mol. The fourth-order valence-electron chi connectivity index (χ4n) is 1.37. The van der Waals surface area contributed by atoms with Gasteiger partial charge in [0.1, 0.15) is 12.1 Å². The van der Waals surface area contributed by atoms with Gasteiger partial charge in [0, 0.05) is 6.42 Å². The molecule has 1 fully saturated rings. The molecule has 0 heterocycles. The minimum Gasteiger partial charge on any atom is -1.00 e. The van der Waals surface area contributed by atoms with Crippen molar-refractivity contribution in [1.82, 2.24) is 0 Å². The molecule has 10 heavy (non-hydrogen) atoms. The van der Waals surface area contributed by atoms with Crippen LogP contribution in [0.5, 0.6) is 0 Å². The molecule has 0 aromatic carbocycles. The van der Waals surface area contributed by atoms with E-state index in [4.69, 9.17) is 0 Å². The Hall–Kier alpha value is 0.650. The second-order valence-electron chi connectivity index (χ2n) is 3.83. The van der Waals surface area contributed by atoms with E-state index in [-0.39, 0.29) is 30.1 Å². The van der Waals surface area contributed by atoms with Crippen LogP contribution in [0.3, 0.4) is 0 Å². The molecule has 0 bridgehead atoms. The molecule has 2 nitrogen and oxygen atoms in total. The van der Waals surface area contributed by atoms with Crippen LogP contribution in [0.1, 0.15) is 12.8 Å². The van der Waals surface area contributed by atoms with Crippen LogP contribution in [0.15, 0.2) is 0 Å². The third-order valence-corrected chi connectivity index (χ3v) is 2.20. The molecule has 2 atom stereocenters. The summed E-state index contributed by atoms with van der Waals surface area (Å²) in [6.45, 7) is 0. The third kappa shape index (κ3) is 2.07. The summed E-state index contributed by atoms with van der Waals surface area (Å²) >= 11 is 0. The highest BCUT2D eigenvalue weighted by molar-refractivity contribution is 4.80. The zero-order valence-electron chi connectivity index (χ0n) is 6.84. The van der Waals surface area contributed by atoms with Gasteiger partial charge in [-0.3, -0.25) is 0 Å². The van der Waals surface area contributed by atoms with Crippen LogP contribution in [-0.4, -0.2) is 42.9 Å². The summed E-state index contributed by atoms with van der Waals surface area (Å²) in [6.07, 6.45) is 2.15. The molecule has 0 spiro atoms. The van der Waals surface area contributed by atoms with E-state index in [1.807, 2.05) is 0 Å². The Morgan fingerprint density at radius 1 is 1.20 bits per heavy atom. The summed E-state index contributed by atoms with van der Waals surface area (Å²) < 4.78 is 0.904. The van der Waals surface area contributed by atoms with E-state index in [2.05, 4.69) is 21.1 Å². The van der Waals surface area contributed by atoms with Crippen molar-refractivity contribution in [3.8, 4) is 0 Å². The minimum atomic E-state index is -0.0370. The Morgan fingerprint density at radius 2 is 1.70 bits per heavy atom. The predicted molar refractivity (Wildman–Crippen MR) is 37.1 cm³/mol. The summed E-state index contributed by atoms with van der Waals surface area (Å²) in [4.78, 5) is 0. The average Bonchev–Trinajstić information content (AvgIpc) is 1.57. The first-order chi connectivity index (χ1) is 4.02. The molecule has 62 valence electrons. The Morgan fingerprint density at radius 3 is 1.70 bits per heavy atom. The smallest absolute Gasteiger partial charge is 0.115 e. The molecule has 0 amide bonds. The maximum atomic E-state index is 9.23. The van der Waals surface area contributed by atoms with Crippen LogP contribution >= 0.6 is 0 Å². The molecule has 0 unspecified atom stereocenters. The summed E-state index contributed by atoms with van der Waals surface area (Å²) in [6, 6.07) is 0.491. The number of nitrogens with zero attached hydrogens (tertiary/aromatic N) is 1. The van der Waals surface area contributed by atoms with Crippen molar-refractivity contribution in [3.63, 3.8) is 0 Å². The van der Waals surface area contributed by atoms with Crippen molar-refractivity contribution in [2.75, 3.05) is 21.1 Å². The van der Waals surface area contributed by atoms with Gasteiger partial charge in [0.2, 0.25) is 0 Å². The van der Waals surface area contributed by atoms with Crippen molar-refractivity contribution in [2.45, 2.75) is 25.0 Å². The van der Waals surface area contributed by atoms with Crippen molar-refractivity contribution < 1.29 is 33.6 Å². The highest BCUT2D eigenvalue weighted by atomic mass is 127. The highest BCUT2D eigenvalue weighted by Crippen LogP contribution is 2.26. The van der Waals surface area contributed by atoms with E-state index in [0.29, 0.717) is 6.04 Å². The molecule has 1 aliphatic carbocycles. The van der Waals surface area contributed by atoms with E-state index >= 15 is 0 Å². The zero-order chi connectivity index (χ0) is 7.07. The van der Waals surface area contributed by atoms with E-state index in [0.717, 1.165) is 10.9 Å². The van der Waals surface area contributed by atoms with Gasteiger partial charge in [0.25, 0.3) is 0 Å². The summed E-state index contributed by atoms with van der Waals surface area (Å²) in [7, 11) is 6.40. The van der Waals surface area contributed by atoms with Gasteiger partial charge in [-0.25, -0.2) is 0 Å². The summed E-state index contributed by atoms with van der Waals surface area (Å²) in [5.41, 5.74) is 0. The van der Waals surface area contributed by atoms with Crippen LogP contribution in [0.4, 0.5) is 0 Å². The lowest BCUT2D eigenvalue weighted by Gasteiger charge is -2.43. The number of halogens is 1. The van der Waals surface area contributed by atoms with Gasteiger partial charge in [-0.15, -0.1) is 0 Å². The van der Waals surface area contributed by atoms with Crippen molar-refractivity contribution in [2.24, 2.45) is 0 Å². The van der Waals surface area contributed by atoms with E-state index < -0.39 is 0 Å². The van der Waals surface area contributed by atoms with E-state index in [1.54, 1.807) is 0 Å². The van der Waals surface area contributed by atoms with Gasteiger partial charge < -0.3 is 33.6 Å². The fourth-order valence-corrected chi connectivity index (χ4v) is 1.37. The van der Waals surface area contributed by atoms with Crippen molar-refractivity contribution in [3.05, 3.63) is 0 Å². The van der Waals surface area contributed by atoms with E-state index in [9.17, 15) is 5.11 Å². The lowest BCUT2D eigenvalue weighted by atomic mass is 9.87. The molecular formula is C7H16INO. The van der Waals surface area contributed by atoms with Crippen LogP contribution in [0.25, 0.3) is 0 Å². The number of quaternary nitrogens is 1. The van der Waals surface area contributed by atoms with Crippen LogP contribution in [0.2, 0.25) is 0 Å². The first-order valence-corrected chi connectivity index (χ1v) is 3.51. The number of hydrogen-bond acceptors (Lipinski definition) is 1. The lowest BCUT2D eigenvalue weighted by Crippen LogP contribution is -3.00. The van der Waals surface area contributed by atoms with Gasteiger partial charge in [0.05, 0.1) is 21.1 Å². The molecule has 0 aliphatic heterocycles. The number of rotatable bonds is 1. The topological polar surface area (TPSA) is 20.2 Å². The molecule has 1 aliphatic rings. The van der Waals surface area contributed by atoms with Crippen LogP contribution in [-0.2, 0) is 0 Å². The lowest BCUT2D eigenvalue weighted by molar-refractivity contribution is -0.906. The second-order valence-corrected chi connectivity index (χ2v) is 3.83. The van der Waals surface area contributed by atoms with Crippen LogP contribution < -0.4 is 24.0 Å². The van der Waals surface area contributed by atoms with Crippen molar-refractivity contribution in [1.29, 1.82) is 0 Å². The maximum absolute atomic E-state index is 9.23. The maximum Gasteiger partial charge on any atom is 0.115 e. The molecule has 3 heteroatoms. The molecule has 1 rings (SSSR count). The van der Waals surface area contributed by atoms with Crippen molar-refractivity contribution >= 4 is 0 Å². The van der Waals surface area contributed by atoms with Crippen LogP contribution in [0, 0.1) is 0 Å². The highest BCUT2D eigenvalue weighted by Gasteiger charge is 2.38. The van der Waals surface area contributed by atoms with Gasteiger partial charge in [-0.1, -0.05) is 0 Å². The SMILES string of the molecule is C[N+](C)(C)[C@H]1CC[C@H]1O.[I-]. The number of aliphatic hydroxyl groups excluding tert-OH is 1. The number of aliphatic hydroxyl groups is 1. The first-order valence-electron chi connectivity index (χ1n) is 3.51. The zero-order valence-corrected chi connectivity index (χ0v) is 9.00. The first kappa shape index (κ1) is 10.7. The Balaban J connectivity index is 0.000000810. The van der Waals surface area contributed by atoms with Gasteiger partial charge in [-0.2, -0.15) is 0 Å².